The Morgan fingerprint density at radius 2 is 2.00 bits per heavy atom. The molecule has 0 radical (unpaired) electrons. The number of hydrogen-bond acceptors (Lipinski definition) is 5. The van der Waals surface area contributed by atoms with Crippen LogP contribution in [0.3, 0.4) is 0 Å². The van der Waals surface area contributed by atoms with Gasteiger partial charge < -0.3 is 15.4 Å². The monoisotopic (exact) mass is 387 g/mol. The minimum absolute atomic E-state index is 0.0828. The summed E-state index contributed by atoms with van der Waals surface area (Å²) in [7, 11) is -3.59. The zero-order chi connectivity index (χ0) is 18.0. The van der Waals surface area contributed by atoms with Crippen LogP contribution in [0.4, 0.5) is 0 Å². The van der Waals surface area contributed by atoms with E-state index in [4.69, 9.17) is 5.11 Å². The Morgan fingerprint density at radius 3 is 2.64 bits per heavy atom. The van der Waals surface area contributed by atoms with E-state index >= 15 is 0 Å². The lowest BCUT2D eigenvalue weighted by Gasteiger charge is -2.24. The van der Waals surface area contributed by atoms with E-state index < -0.39 is 27.8 Å². The molecular formula is C15H21N3O5S2. The molecule has 2 heterocycles. The van der Waals surface area contributed by atoms with Crippen LogP contribution in [0.5, 0.6) is 0 Å². The van der Waals surface area contributed by atoms with Gasteiger partial charge in [0.25, 0.3) is 5.91 Å². The number of carboxylic acid groups (broad SMARTS) is 1. The molecule has 1 aromatic rings. The number of amides is 1. The van der Waals surface area contributed by atoms with Crippen LogP contribution < -0.4 is 5.32 Å². The summed E-state index contributed by atoms with van der Waals surface area (Å²) in [6, 6.07) is 1.15. The summed E-state index contributed by atoms with van der Waals surface area (Å²) in [6.45, 7) is 0.941. The van der Waals surface area contributed by atoms with Crippen LogP contribution in [-0.2, 0) is 14.8 Å². The number of rotatable bonds is 5. The van der Waals surface area contributed by atoms with E-state index in [1.807, 2.05) is 0 Å². The molecule has 3 rings (SSSR count). The van der Waals surface area contributed by atoms with Crippen molar-refractivity contribution in [2.24, 2.45) is 5.92 Å². The topological polar surface area (TPSA) is 120 Å². The Labute approximate surface area is 150 Å². The summed E-state index contributed by atoms with van der Waals surface area (Å²) in [5, 5.41) is 11.8. The van der Waals surface area contributed by atoms with Crippen molar-refractivity contribution < 1.29 is 23.1 Å². The lowest BCUT2D eigenvalue weighted by Crippen LogP contribution is -2.37. The predicted octanol–water partition coefficient (Wildman–Crippen LogP) is 0.735. The molecular weight excluding hydrogens is 366 g/mol. The highest BCUT2D eigenvalue weighted by Gasteiger charge is 2.32. The first-order valence-electron chi connectivity index (χ1n) is 8.18. The first kappa shape index (κ1) is 18.3. The van der Waals surface area contributed by atoms with Gasteiger partial charge in [-0.05, 0) is 25.3 Å². The number of aromatic nitrogens is 1. The van der Waals surface area contributed by atoms with Crippen LogP contribution in [0, 0.1) is 5.92 Å². The number of aromatic amines is 1. The molecule has 0 aromatic carbocycles. The molecule has 0 spiro atoms. The molecule has 1 amide bonds. The van der Waals surface area contributed by atoms with E-state index in [9.17, 15) is 18.0 Å². The summed E-state index contributed by atoms with van der Waals surface area (Å²) < 4.78 is 26.6. The second-order valence-electron chi connectivity index (χ2n) is 6.28. The number of nitrogens with zero attached hydrogens (tertiary/aromatic N) is 1. The molecule has 2 atom stereocenters. The molecule has 138 valence electrons. The van der Waals surface area contributed by atoms with E-state index in [-0.39, 0.29) is 16.6 Å². The van der Waals surface area contributed by atoms with Crippen molar-refractivity contribution >= 4 is 33.7 Å². The quantitative estimate of drug-likeness (QED) is 0.685. The van der Waals surface area contributed by atoms with Crippen molar-refractivity contribution in [2.75, 3.05) is 24.6 Å². The standard InChI is InChI=1S/C15H21N3O5S2/c19-14(17-11-2-1-10(7-11)15(20)21)13-8-12(9-16-13)25(22,23)18-3-5-24-6-4-18/h8-11,16H,1-7H2,(H,17,19)(H,20,21)/t10-,11+/m0/s1. The van der Waals surface area contributed by atoms with Crippen molar-refractivity contribution in [3.8, 4) is 0 Å². The van der Waals surface area contributed by atoms with Gasteiger partial charge in [0.2, 0.25) is 10.0 Å². The summed E-state index contributed by atoms with van der Waals surface area (Å²) in [5.74, 6) is -0.148. The Morgan fingerprint density at radius 1 is 1.28 bits per heavy atom. The van der Waals surface area contributed by atoms with Crippen LogP contribution >= 0.6 is 11.8 Å². The second kappa shape index (κ2) is 7.38. The predicted molar refractivity (Wildman–Crippen MR) is 93.1 cm³/mol. The summed E-state index contributed by atoms with van der Waals surface area (Å²) in [4.78, 5) is 26.1. The van der Waals surface area contributed by atoms with Gasteiger partial charge in [0.15, 0.2) is 0 Å². The molecule has 1 saturated carbocycles. The summed E-state index contributed by atoms with van der Waals surface area (Å²) >= 11 is 1.72. The maximum Gasteiger partial charge on any atom is 0.306 e. The van der Waals surface area contributed by atoms with E-state index in [0.717, 1.165) is 11.5 Å². The molecule has 2 fully saturated rings. The van der Waals surface area contributed by atoms with Gasteiger partial charge in [0.1, 0.15) is 10.6 Å². The zero-order valence-corrected chi connectivity index (χ0v) is 15.2. The fraction of sp³-hybridized carbons (Fsp3) is 0.600. The highest BCUT2D eigenvalue weighted by atomic mass is 32.2. The van der Waals surface area contributed by atoms with Crippen LogP contribution in [0.15, 0.2) is 17.2 Å². The number of H-pyrrole nitrogens is 1. The minimum atomic E-state index is -3.59. The lowest BCUT2D eigenvalue weighted by atomic mass is 10.1. The van der Waals surface area contributed by atoms with Crippen LogP contribution in [0.1, 0.15) is 29.8 Å². The van der Waals surface area contributed by atoms with Gasteiger partial charge in [-0.1, -0.05) is 0 Å². The number of nitrogens with one attached hydrogen (secondary N) is 2. The lowest BCUT2D eigenvalue weighted by molar-refractivity contribution is -0.141. The maximum absolute atomic E-state index is 12.6. The first-order valence-corrected chi connectivity index (χ1v) is 10.8. The number of aliphatic carboxylic acids is 1. The van der Waals surface area contributed by atoms with Crippen LogP contribution in [-0.4, -0.2) is 65.3 Å². The highest BCUT2D eigenvalue weighted by molar-refractivity contribution is 7.99. The molecule has 3 N–H and O–H groups in total. The Kier molecular flexibility index (Phi) is 5.40. The zero-order valence-electron chi connectivity index (χ0n) is 13.6. The molecule has 10 heteroatoms. The molecule has 0 bridgehead atoms. The number of thioether (sulfide) groups is 1. The maximum atomic E-state index is 12.6. The fourth-order valence-corrected chi connectivity index (χ4v) is 5.76. The smallest absolute Gasteiger partial charge is 0.306 e. The van der Waals surface area contributed by atoms with E-state index in [0.29, 0.717) is 32.4 Å². The number of carbonyl (C=O) groups excluding carboxylic acids is 1. The third-order valence-corrected chi connectivity index (χ3v) is 7.44. The second-order valence-corrected chi connectivity index (χ2v) is 9.45. The van der Waals surface area contributed by atoms with E-state index in [2.05, 4.69) is 10.3 Å². The summed E-state index contributed by atoms with van der Waals surface area (Å²) in [5.41, 5.74) is 0.170. The van der Waals surface area contributed by atoms with Crippen molar-refractivity contribution in [1.82, 2.24) is 14.6 Å². The van der Waals surface area contributed by atoms with Crippen molar-refractivity contribution in [2.45, 2.75) is 30.2 Å². The van der Waals surface area contributed by atoms with Crippen molar-refractivity contribution in [3.63, 3.8) is 0 Å². The Balaban J connectivity index is 1.64. The third kappa shape index (κ3) is 4.01. The van der Waals surface area contributed by atoms with Gasteiger partial charge in [-0.25, -0.2) is 8.42 Å². The average molecular weight is 387 g/mol. The number of carboxylic acids is 1. The fourth-order valence-electron chi connectivity index (χ4n) is 3.19. The summed E-state index contributed by atoms with van der Waals surface area (Å²) in [6.07, 6.45) is 2.89. The molecule has 1 aromatic heterocycles. The van der Waals surface area contributed by atoms with Gasteiger partial charge in [0.05, 0.1) is 5.92 Å². The largest absolute Gasteiger partial charge is 0.481 e. The molecule has 25 heavy (non-hydrogen) atoms. The molecule has 0 unspecified atom stereocenters. The van der Waals surface area contributed by atoms with Crippen molar-refractivity contribution in [3.05, 3.63) is 18.0 Å². The minimum Gasteiger partial charge on any atom is -0.481 e. The van der Waals surface area contributed by atoms with E-state index in [1.54, 1.807) is 11.8 Å². The molecule has 2 aliphatic rings. The van der Waals surface area contributed by atoms with Gasteiger partial charge in [-0.2, -0.15) is 16.1 Å². The van der Waals surface area contributed by atoms with Gasteiger partial charge in [-0.15, -0.1) is 0 Å². The number of sulfonamides is 1. The molecule has 1 aliphatic heterocycles. The van der Waals surface area contributed by atoms with Crippen molar-refractivity contribution in [1.29, 1.82) is 0 Å². The average Bonchev–Trinajstić information content (AvgIpc) is 3.25. The normalized spacial score (nSPS) is 25.0. The third-order valence-electron chi connectivity index (χ3n) is 4.63. The highest BCUT2D eigenvalue weighted by Crippen LogP contribution is 2.26. The van der Waals surface area contributed by atoms with Gasteiger partial charge in [0, 0.05) is 36.8 Å². The van der Waals surface area contributed by atoms with Gasteiger partial charge >= 0.3 is 5.97 Å². The first-order chi connectivity index (χ1) is 11.9. The van der Waals surface area contributed by atoms with Crippen LogP contribution in [0.25, 0.3) is 0 Å². The Hall–Kier alpha value is -1.52. The number of hydrogen-bond donors (Lipinski definition) is 3. The SMILES string of the molecule is O=C(N[C@@H]1CC[C@H](C(=O)O)C1)c1cc(S(=O)(=O)N2CCSCC2)c[nH]1. The van der Waals surface area contributed by atoms with Gasteiger partial charge in [-0.3, -0.25) is 9.59 Å². The molecule has 8 nitrogen and oxygen atoms in total. The Bertz CT molecular complexity index is 755. The number of carbonyl (C=O) groups is 2. The molecule has 1 saturated heterocycles. The molecule has 1 aliphatic carbocycles. The van der Waals surface area contributed by atoms with E-state index in [1.165, 1.54) is 16.6 Å². The van der Waals surface area contributed by atoms with Crippen LogP contribution in [0.2, 0.25) is 0 Å².